The van der Waals surface area contributed by atoms with Crippen LogP contribution in [-0.2, 0) is 4.79 Å². The molecule has 1 amide bonds. The van der Waals surface area contributed by atoms with Gasteiger partial charge in [-0.15, -0.1) is 0 Å². The summed E-state index contributed by atoms with van der Waals surface area (Å²) in [4.78, 5) is 12.4. The highest BCUT2D eigenvalue weighted by molar-refractivity contribution is 5.90. The number of amides is 1. The molecule has 1 aromatic rings. The maximum absolute atomic E-state index is 12.4. The van der Waals surface area contributed by atoms with E-state index >= 15 is 0 Å². The van der Waals surface area contributed by atoms with Gasteiger partial charge in [0.2, 0.25) is 5.91 Å². The minimum absolute atomic E-state index is 0.0536. The Hall–Kier alpha value is -1.64. The first kappa shape index (κ1) is 12.8. The van der Waals surface area contributed by atoms with E-state index in [9.17, 15) is 4.79 Å². The SMILES string of the molecule is CC1=NN(C(=O)C(C)(C)C)C(c2ccccc2)C1. The molecule has 3 heteroatoms. The Morgan fingerprint density at radius 1 is 1.28 bits per heavy atom. The second kappa shape index (κ2) is 4.56. The first-order valence-electron chi connectivity index (χ1n) is 6.32. The molecule has 0 saturated carbocycles. The third kappa shape index (κ3) is 2.45. The van der Waals surface area contributed by atoms with Crippen LogP contribution in [0.1, 0.15) is 45.7 Å². The van der Waals surface area contributed by atoms with Gasteiger partial charge in [-0.05, 0) is 12.5 Å². The van der Waals surface area contributed by atoms with Crippen LogP contribution in [0.5, 0.6) is 0 Å². The summed E-state index contributed by atoms with van der Waals surface area (Å²) in [6.45, 7) is 7.77. The van der Waals surface area contributed by atoms with Crippen molar-refractivity contribution < 1.29 is 4.79 Å². The molecule has 96 valence electrons. The van der Waals surface area contributed by atoms with E-state index in [0.29, 0.717) is 0 Å². The van der Waals surface area contributed by atoms with Crippen molar-refractivity contribution in [2.75, 3.05) is 0 Å². The lowest BCUT2D eigenvalue weighted by atomic mass is 9.93. The molecule has 1 atom stereocenters. The molecule has 1 unspecified atom stereocenters. The predicted octanol–water partition coefficient (Wildman–Crippen LogP) is 3.38. The van der Waals surface area contributed by atoms with E-state index in [1.54, 1.807) is 5.01 Å². The smallest absolute Gasteiger partial charge is 0.248 e. The number of carbonyl (C=O) groups is 1. The molecule has 0 spiro atoms. The van der Waals surface area contributed by atoms with Gasteiger partial charge in [0.05, 0.1) is 6.04 Å². The number of hydrogen-bond acceptors (Lipinski definition) is 2. The lowest BCUT2D eigenvalue weighted by molar-refractivity contribution is -0.141. The van der Waals surface area contributed by atoms with Gasteiger partial charge < -0.3 is 0 Å². The second-order valence-corrected chi connectivity index (χ2v) is 5.87. The number of hydrogen-bond donors (Lipinski definition) is 0. The van der Waals surface area contributed by atoms with E-state index in [0.717, 1.165) is 17.7 Å². The molecule has 1 aromatic carbocycles. The Morgan fingerprint density at radius 3 is 2.44 bits per heavy atom. The van der Waals surface area contributed by atoms with Crippen LogP contribution in [0.25, 0.3) is 0 Å². The molecular formula is C15H20N2O. The molecule has 18 heavy (non-hydrogen) atoms. The molecule has 3 nitrogen and oxygen atoms in total. The average Bonchev–Trinajstić information content (AvgIpc) is 2.70. The van der Waals surface area contributed by atoms with Crippen LogP contribution < -0.4 is 0 Å². The third-order valence-electron chi connectivity index (χ3n) is 3.10. The van der Waals surface area contributed by atoms with Gasteiger partial charge in [0.1, 0.15) is 0 Å². The Balaban J connectivity index is 2.30. The zero-order valence-corrected chi connectivity index (χ0v) is 11.5. The van der Waals surface area contributed by atoms with Crippen LogP contribution in [0.15, 0.2) is 35.4 Å². The molecular weight excluding hydrogens is 224 g/mol. The minimum atomic E-state index is -0.402. The molecule has 1 heterocycles. The fraction of sp³-hybridized carbons (Fsp3) is 0.467. The average molecular weight is 244 g/mol. The first-order chi connectivity index (χ1) is 8.39. The Labute approximate surface area is 108 Å². The van der Waals surface area contributed by atoms with Crippen molar-refractivity contribution in [1.82, 2.24) is 5.01 Å². The highest BCUT2D eigenvalue weighted by Gasteiger charge is 2.36. The van der Waals surface area contributed by atoms with Crippen LogP contribution in [0.2, 0.25) is 0 Å². The van der Waals surface area contributed by atoms with Crippen molar-refractivity contribution in [2.45, 2.75) is 40.2 Å². The Kier molecular flexibility index (Phi) is 3.24. The molecule has 0 aromatic heterocycles. The maximum atomic E-state index is 12.4. The normalized spacial score (nSPS) is 19.9. The summed E-state index contributed by atoms with van der Waals surface area (Å²) < 4.78 is 0. The maximum Gasteiger partial charge on any atom is 0.248 e. The topological polar surface area (TPSA) is 32.7 Å². The molecule has 0 aliphatic carbocycles. The van der Waals surface area contributed by atoms with Gasteiger partial charge in [0.25, 0.3) is 0 Å². The summed E-state index contributed by atoms with van der Waals surface area (Å²) in [5.74, 6) is 0.0770. The van der Waals surface area contributed by atoms with Crippen LogP contribution in [0.4, 0.5) is 0 Å². The monoisotopic (exact) mass is 244 g/mol. The van der Waals surface area contributed by atoms with Crippen molar-refractivity contribution in [3.05, 3.63) is 35.9 Å². The Morgan fingerprint density at radius 2 is 1.89 bits per heavy atom. The lowest BCUT2D eigenvalue weighted by Crippen LogP contribution is -2.36. The summed E-state index contributed by atoms with van der Waals surface area (Å²) in [5, 5.41) is 6.07. The van der Waals surface area contributed by atoms with E-state index in [-0.39, 0.29) is 11.9 Å². The molecule has 0 fully saturated rings. The van der Waals surface area contributed by atoms with Crippen molar-refractivity contribution in [3.8, 4) is 0 Å². The summed E-state index contributed by atoms with van der Waals surface area (Å²) in [5.41, 5.74) is 1.76. The van der Waals surface area contributed by atoms with Gasteiger partial charge in [-0.1, -0.05) is 51.1 Å². The molecule has 0 radical (unpaired) electrons. The zero-order chi connectivity index (χ0) is 13.3. The largest absolute Gasteiger partial charge is 0.272 e. The molecule has 0 saturated heterocycles. The summed E-state index contributed by atoms with van der Waals surface area (Å²) in [6, 6.07) is 10.2. The standard InChI is InChI=1S/C15H20N2O/c1-11-10-13(12-8-6-5-7-9-12)17(16-11)14(18)15(2,3)4/h5-9,13H,10H2,1-4H3. The van der Waals surface area contributed by atoms with Gasteiger partial charge in [-0.25, -0.2) is 5.01 Å². The van der Waals surface area contributed by atoms with Gasteiger partial charge in [-0.3, -0.25) is 4.79 Å². The van der Waals surface area contributed by atoms with Gasteiger partial charge in [-0.2, -0.15) is 5.10 Å². The minimum Gasteiger partial charge on any atom is -0.272 e. The third-order valence-corrected chi connectivity index (χ3v) is 3.10. The first-order valence-corrected chi connectivity index (χ1v) is 6.32. The second-order valence-electron chi connectivity index (χ2n) is 5.87. The summed E-state index contributed by atoms with van der Waals surface area (Å²) in [6.07, 6.45) is 0.825. The van der Waals surface area contributed by atoms with Crippen LogP contribution in [-0.4, -0.2) is 16.6 Å². The van der Waals surface area contributed by atoms with Gasteiger partial charge in [0.15, 0.2) is 0 Å². The summed E-state index contributed by atoms with van der Waals surface area (Å²) >= 11 is 0. The molecule has 0 N–H and O–H groups in total. The number of benzene rings is 1. The predicted molar refractivity (Wildman–Crippen MR) is 73.2 cm³/mol. The number of rotatable bonds is 1. The van der Waals surface area contributed by atoms with E-state index in [1.165, 1.54) is 0 Å². The van der Waals surface area contributed by atoms with Crippen LogP contribution in [0.3, 0.4) is 0 Å². The van der Waals surface area contributed by atoms with E-state index in [4.69, 9.17) is 0 Å². The molecule has 1 aliphatic heterocycles. The highest BCUT2D eigenvalue weighted by Crippen LogP contribution is 2.33. The van der Waals surface area contributed by atoms with Crippen LogP contribution in [0, 0.1) is 5.41 Å². The van der Waals surface area contributed by atoms with Crippen molar-refractivity contribution in [3.63, 3.8) is 0 Å². The number of hydrazone groups is 1. The van der Waals surface area contributed by atoms with E-state index in [1.807, 2.05) is 45.9 Å². The van der Waals surface area contributed by atoms with Crippen molar-refractivity contribution >= 4 is 11.6 Å². The quantitative estimate of drug-likeness (QED) is 0.745. The van der Waals surface area contributed by atoms with Crippen LogP contribution >= 0.6 is 0 Å². The van der Waals surface area contributed by atoms with Crippen molar-refractivity contribution in [1.29, 1.82) is 0 Å². The van der Waals surface area contributed by atoms with E-state index < -0.39 is 5.41 Å². The van der Waals surface area contributed by atoms with Crippen molar-refractivity contribution in [2.24, 2.45) is 10.5 Å². The number of carbonyl (C=O) groups excluding carboxylic acids is 1. The fourth-order valence-electron chi connectivity index (χ4n) is 2.13. The summed E-state index contributed by atoms with van der Waals surface area (Å²) in [7, 11) is 0. The number of nitrogens with zero attached hydrogens (tertiary/aromatic N) is 2. The molecule has 1 aliphatic rings. The zero-order valence-electron chi connectivity index (χ0n) is 11.5. The lowest BCUT2D eigenvalue weighted by Gasteiger charge is -2.28. The van der Waals surface area contributed by atoms with Gasteiger partial charge >= 0.3 is 0 Å². The Bertz CT molecular complexity index is 471. The highest BCUT2D eigenvalue weighted by atomic mass is 16.2. The molecule has 2 rings (SSSR count). The van der Waals surface area contributed by atoms with E-state index in [2.05, 4.69) is 17.2 Å². The van der Waals surface area contributed by atoms with Gasteiger partial charge in [0, 0.05) is 17.5 Å². The molecule has 0 bridgehead atoms. The fourth-order valence-corrected chi connectivity index (χ4v) is 2.13.